The van der Waals surface area contributed by atoms with E-state index >= 15 is 0 Å². The zero-order chi connectivity index (χ0) is 12.8. The Bertz CT molecular complexity index is 317. The van der Waals surface area contributed by atoms with E-state index in [0.717, 1.165) is 17.0 Å². The topological polar surface area (TPSA) is 67.5 Å². The van der Waals surface area contributed by atoms with Gasteiger partial charge in [0.1, 0.15) is 5.76 Å². The lowest BCUT2D eigenvalue weighted by Gasteiger charge is -2.14. The molecular weight excluding hydrogens is 220 g/mol. The molecule has 1 heterocycles. The Kier molecular flexibility index (Phi) is 5.61. The van der Waals surface area contributed by atoms with Gasteiger partial charge in [-0.1, -0.05) is 5.16 Å². The van der Waals surface area contributed by atoms with Gasteiger partial charge in [0.25, 0.3) is 0 Å². The van der Waals surface area contributed by atoms with Crippen LogP contribution in [0.2, 0.25) is 0 Å². The smallest absolute Gasteiger partial charge is 0.138 e. The van der Waals surface area contributed by atoms with Crippen LogP contribution in [-0.2, 0) is 11.3 Å². The molecule has 5 nitrogen and oxygen atoms in total. The fraction of sp³-hybridized carbons (Fsp3) is 0.750. The molecule has 0 aliphatic heterocycles. The van der Waals surface area contributed by atoms with Crippen molar-refractivity contribution in [3.63, 3.8) is 0 Å². The summed E-state index contributed by atoms with van der Waals surface area (Å²) in [7, 11) is 0. The van der Waals surface area contributed by atoms with Crippen LogP contribution in [0.4, 0.5) is 0 Å². The second kappa shape index (κ2) is 6.74. The van der Waals surface area contributed by atoms with Crippen molar-refractivity contribution in [2.24, 2.45) is 0 Å². The van der Waals surface area contributed by atoms with Gasteiger partial charge in [-0.05, 0) is 27.7 Å². The predicted octanol–water partition coefficient (Wildman–Crippen LogP) is 1.17. The van der Waals surface area contributed by atoms with Gasteiger partial charge in [0.05, 0.1) is 24.5 Å². The van der Waals surface area contributed by atoms with Gasteiger partial charge in [-0.2, -0.15) is 0 Å². The SMILES string of the molecule is Cc1noc(C)c1CNCC(O)COC(C)C. The molecule has 0 spiro atoms. The van der Waals surface area contributed by atoms with Gasteiger partial charge < -0.3 is 19.7 Å². The van der Waals surface area contributed by atoms with Crippen molar-refractivity contribution in [1.29, 1.82) is 0 Å². The molecule has 17 heavy (non-hydrogen) atoms. The molecule has 0 fully saturated rings. The maximum atomic E-state index is 9.64. The van der Waals surface area contributed by atoms with Crippen molar-refractivity contribution in [2.75, 3.05) is 13.2 Å². The summed E-state index contributed by atoms with van der Waals surface area (Å²) in [6.07, 6.45) is -0.343. The Morgan fingerprint density at radius 3 is 2.65 bits per heavy atom. The van der Waals surface area contributed by atoms with Crippen molar-refractivity contribution in [2.45, 2.75) is 46.4 Å². The Hall–Kier alpha value is -0.910. The molecule has 0 aromatic carbocycles. The van der Waals surface area contributed by atoms with E-state index in [0.29, 0.717) is 19.7 Å². The first-order chi connectivity index (χ1) is 8.00. The Morgan fingerprint density at radius 2 is 2.12 bits per heavy atom. The van der Waals surface area contributed by atoms with Crippen molar-refractivity contribution >= 4 is 0 Å². The minimum Gasteiger partial charge on any atom is -0.389 e. The molecule has 1 atom stereocenters. The monoisotopic (exact) mass is 242 g/mol. The van der Waals surface area contributed by atoms with E-state index in [-0.39, 0.29) is 6.10 Å². The highest BCUT2D eigenvalue weighted by molar-refractivity contribution is 5.20. The number of hydrogen-bond donors (Lipinski definition) is 2. The Balaban J connectivity index is 2.24. The number of nitrogens with zero attached hydrogens (tertiary/aromatic N) is 1. The lowest BCUT2D eigenvalue weighted by molar-refractivity contribution is 0.00629. The molecule has 5 heteroatoms. The number of aliphatic hydroxyl groups is 1. The van der Waals surface area contributed by atoms with Gasteiger partial charge in [-0.15, -0.1) is 0 Å². The van der Waals surface area contributed by atoms with Crippen LogP contribution in [0.25, 0.3) is 0 Å². The zero-order valence-electron chi connectivity index (χ0n) is 11.0. The van der Waals surface area contributed by atoms with Gasteiger partial charge in [0, 0.05) is 18.7 Å². The van der Waals surface area contributed by atoms with Gasteiger partial charge in [0.15, 0.2) is 0 Å². The first-order valence-electron chi connectivity index (χ1n) is 5.92. The number of aromatic nitrogens is 1. The summed E-state index contributed by atoms with van der Waals surface area (Å²) in [4.78, 5) is 0. The van der Waals surface area contributed by atoms with E-state index in [1.807, 2.05) is 27.7 Å². The number of nitrogens with one attached hydrogen (secondary N) is 1. The molecule has 2 N–H and O–H groups in total. The minimum absolute atomic E-state index is 0.146. The van der Waals surface area contributed by atoms with Crippen LogP contribution in [0.15, 0.2) is 4.52 Å². The summed E-state index contributed by atoms with van der Waals surface area (Å²) in [6, 6.07) is 0. The van der Waals surface area contributed by atoms with Gasteiger partial charge in [0.2, 0.25) is 0 Å². The molecule has 1 rings (SSSR count). The normalized spacial score (nSPS) is 13.3. The van der Waals surface area contributed by atoms with Crippen molar-refractivity contribution in [1.82, 2.24) is 10.5 Å². The second-order valence-electron chi connectivity index (χ2n) is 4.47. The van der Waals surface area contributed by atoms with E-state index in [1.165, 1.54) is 0 Å². The molecule has 1 aromatic heterocycles. The molecule has 0 saturated carbocycles. The van der Waals surface area contributed by atoms with Crippen molar-refractivity contribution in [3.8, 4) is 0 Å². The van der Waals surface area contributed by atoms with Crippen molar-refractivity contribution < 1.29 is 14.4 Å². The highest BCUT2D eigenvalue weighted by Crippen LogP contribution is 2.11. The molecule has 1 aromatic rings. The standard InChI is InChI=1S/C12H22N2O3/c1-8(2)16-7-11(15)5-13-6-12-9(3)14-17-10(12)4/h8,11,13,15H,5-7H2,1-4H3. The molecule has 0 saturated heterocycles. The average molecular weight is 242 g/mol. The Labute approximate surface area is 102 Å². The summed E-state index contributed by atoms with van der Waals surface area (Å²) < 4.78 is 10.4. The van der Waals surface area contributed by atoms with Crippen LogP contribution in [0.3, 0.4) is 0 Å². The molecular formula is C12H22N2O3. The highest BCUT2D eigenvalue weighted by atomic mass is 16.5. The summed E-state index contributed by atoms with van der Waals surface area (Å²) >= 11 is 0. The summed E-state index contributed by atoms with van der Waals surface area (Å²) in [6.45, 7) is 9.19. The molecule has 98 valence electrons. The maximum Gasteiger partial charge on any atom is 0.138 e. The molecule has 0 radical (unpaired) electrons. The third-order valence-corrected chi connectivity index (χ3v) is 2.48. The fourth-order valence-electron chi connectivity index (χ4n) is 1.48. The third-order valence-electron chi connectivity index (χ3n) is 2.48. The molecule has 0 aliphatic carbocycles. The number of hydrogen-bond acceptors (Lipinski definition) is 5. The van der Waals surface area contributed by atoms with E-state index < -0.39 is 6.10 Å². The fourth-order valence-corrected chi connectivity index (χ4v) is 1.48. The van der Waals surface area contributed by atoms with E-state index in [4.69, 9.17) is 9.26 Å². The number of aryl methyl sites for hydroxylation is 2. The summed E-state index contributed by atoms with van der Waals surface area (Å²) in [5.74, 6) is 0.822. The highest BCUT2D eigenvalue weighted by Gasteiger charge is 2.10. The summed E-state index contributed by atoms with van der Waals surface area (Å²) in [5, 5.41) is 16.7. The van der Waals surface area contributed by atoms with E-state index in [1.54, 1.807) is 0 Å². The predicted molar refractivity (Wildman–Crippen MR) is 64.8 cm³/mol. The van der Waals surface area contributed by atoms with Gasteiger partial charge in [-0.3, -0.25) is 0 Å². The molecule has 1 unspecified atom stereocenters. The largest absolute Gasteiger partial charge is 0.389 e. The van der Waals surface area contributed by atoms with Crippen LogP contribution in [0.5, 0.6) is 0 Å². The van der Waals surface area contributed by atoms with Gasteiger partial charge in [-0.25, -0.2) is 0 Å². The number of rotatable bonds is 7. The number of aliphatic hydroxyl groups excluding tert-OH is 1. The molecule has 0 bridgehead atoms. The quantitative estimate of drug-likeness (QED) is 0.751. The van der Waals surface area contributed by atoms with E-state index in [2.05, 4.69) is 10.5 Å². The first kappa shape index (κ1) is 14.2. The average Bonchev–Trinajstić information content (AvgIpc) is 2.57. The van der Waals surface area contributed by atoms with Crippen LogP contribution in [-0.4, -0.2) is 35.6 Å². The number of ether oxygens (including phenoxy) is 1. The van der Waals surface area contributed by atoms with Crippen LogP contribution >= 0.6 is 0 Å². The molecule has 0 aliphatic rings. The third kappa shape index (κ3) is 4.85. The van der Waals surface area contributed by atoms with Crippen LogP contribution < -0.4 is 5.32 Å². The Morgan fingerprint density at radius 1 is 1.41 bits per heavy atom. The maximum absolute atomic E-state index is 9.64. The van der Waals surface area contributed by atoms with Crippen LogP contribution in [0.1, 0.15) is 30.9 Å². The minimum atomic E-state index is -0.488. The lowest BCUT2D eigenvalue weighted by Crippen LogP contribution is -2.31. The van der Waals surface area contributed by atoms with Crippen LogP contribution in [0, 0.1) is 13.8 Å². The first-order valence-corrected chi connectivity index (χ1v) is 5.92. The van der Waals surface area contributed by atoms with Crippen molar-refractivity contribution in [3.05, 3.63) is 17.0 Å². The zero-order valence-corrected chi connectivity index (χ0v) is 11.0. The summed E-state index contributed by atoms with van der Waals surface area (Å²) in [5.41, 5.74) is 1.95. The van der Waals surface area contributed by atoms with Gasteiger partial charge >= 0.3 is 0 Å². The van der Waals surface area contributed by atoms with E-state index in [9.17, 15) is 5.11 Å². The lowest BCUT2D eigenvalue weighted by atomic mass is 10.2. The second-order valence-corrected chi connectivity index (χ2v) is 4.47. The molecule has 0 amide bonds.